The molecular formula is C16H20N2. The molecule has 0 bridgehead atoms. The summed E-state index contributed by atoms with van der Waals surface area (Å²) in [7, 11) is 0. The molecule has 0 spiro atoms. The molecule has 1 saturated carbocycles. The lowest BCUT2D eigenvalue weighted by Gasteiger charge is -2.28. The van der Waals surface area contributed by atoms with Gasteiger partial charge in [0.15, 0.2) is 0 Å². The number of hydrogen-bond acceptors (Lipinski definition) is 2. The van der Waals surface area contributed by atoms with E-state index in [4.69, 9.17) is 5.26 Å². The first kappa shape index (κ1) is 11.7. The van der Waals surface area contributed by atoms with E-state index in [1.807, 2.05) is 12.1 Å². The second-order valence-electron chi connectivity index (χ2n) is 5.83. The average molecular weight is 240 g/mol. The highest BCUT2D eigenvalue weighted by Crippen LogP contribution is 2.40. The van der Waals surface area contributed by atoms with E-state index >= 15 is 0 Å². The molecule has 1 saturated heterocycles. The van der Waals surface area contributed by atoms with Gasteiger partial charge in [0.25, 0.3) is 0 Å². The van der Waals surface area contributed by atoms with Gasteiger partial charge in [-0.2, -0.15) is 5.26 Å². The Balaban J connectivity index is 1.60. The molecule has 18 heavy (non-hydrogen) atoms. The van der Waals surface area contributed by atoms with Crippen LogP contribution in [0.4, 0.5) is 0 Å². The molecule has 2 nitrogen and oxygen atoms in total. The van der Waals surface area contributed by atoms with Gasteiger partial charge >= 0.3 is 0 Å². The fraction of sp³-hybridized carbons (Fsp3) is 0.562. The van der Waals surface area contributed by atoms with E-state index in [2.05, 4.69) is 30.4 Å². The third-order valence-corrected chi connectivity index (χ3v) is 4.68. The summed E-state index contributed by atoms with van der Waals surface area (Å²) in [6.07, 6.45) is 5.32. The van der Waals surface area contributed by atoms with E-state index in [0.29, 0.717) is 5.92 Å². The van der Waals surface area contributed by atoms with Crippen molar-refractivity contribution in [1.82, 2.24) is 5.32 Å². The highest BCUT2D eigenvalue weighted by molar-refractivity contribution is 5.33. The molecule has 2 heteroatoms. The van der Waals surface area contributed by atoms with E-state index in [-0.39, 0.29) is 0 Å². The lowest BCUT2D eigenvalue weighted by molar-refractivity contribution is 0.318. The van der Waals surface area contributed by atoms with Crippen LogP contribution in [0.3, 0.4) is 0 Å². The Morgan fingerprint density at radius 1 is 1.11 bits per heavy atom. The van der Waals surface area contributed by atoms with Gasteiger partial charge in [0, 0.05) is 12.1 Å². The largest absolute Gasteiger partial charge is 0.308 e. The zero-order valence-corrected chi connectivity index (χ0v) is 10.9. The maximum atomic E-state index is 8.81. The molecule has 2 aliphatic rings. The number of nitriles is 1. The summed E-state index contributed by atoms with van der Waals surface area (Å²) >= 11 is 0. The molecule has 1 aliphatic heterocycles. The third-order valence-electron chi connectivity index (χ3n) is 4.68. The molecule has 2 atom stereocenters. The van der Waals surface area contributed by atoms with Crippen LogP contribution in [0.1, 0.15) is 49.7 Å². The second kappa shape index (κ2) is 4.74. The maximum absolute atomic E-state index is 8.81. The van der Waals surface area contributed by atoms with Crippen LogP contribution in [0.5, 0.6) is 0 Å². The van der Waals surface area contributed by atoms with E-state index in [1.165, 1.54) is 31.2 Å². The van der Waals surface area contributed by atoms with Crippen LogP contribution in [0.15, 0.2) is 24.3 Å². The van der Waals surface area contributed by atoms with Crippen molar-refractivity contribution < 1.29 is 0 Å². The number of nitrogens with one attached hydrogen (secondary N) is 1. The summed E-state index contributed by atoms with van der Waals surface area (Å²) in [6.45, 7) is 2.29. The summed E-state index contributed by atoms with van der Waals surface area (Å²) in [5.74, 6) is 1.61. The molecule has 1 aromatic carbocycles. The SMILES string of the molecule is CC1NC1C1CCC(c2ccc(C#N)cc2)CC1. The molecule has 1 heterocycles. The lowest BCUT2D eigenvalue weighted by Crippen LogP contribution is -2.19. The van der Waals surface area contributed by atoms with Crippen LogP contribution in [-0.4, -0.2) is 12.1 Å². The smallest absolute Gasteiger partial charge is 0.0991 e. The van der Waals surface area contributed by atoms with Crippen molar-refractivity contribution in [2.75, 3.05) is 0 Å². The van der Waals surface area contributed by atoms with Crippen LogP contribution >= 0.6 is 0 Å². The quantitative estimate of drug-likeness (QED) is 0.807. The molecule has 0 aromatic heterocycles. The highest BCUT2D eigenvalue weighted by Gasteiger charge is 2.40. The molecule has 2 unspecified atom stereocenters. The van der Waals surface area contributed by atoms with Crippen LogP contribution in [0, 0.1) is 17.2 Å². The number of hydrogen-bond donors (Lipinski definition) is 1. The van der Waals surface area contributed by atoms with Crippen molar-refractivity contribution >= 4 is 0 Å². The normalized spacial score (nSPS) is 34.9. The predicted octanol–water partition coefficient (Wildman–Crippen LogP) is 3.19. The molecule has 3 rings (SSSR count). The summed E-state index contributed by atoms with van der Waals surface area (Å²) in [5.41, 5.74) is 2.19. The van der Waals surface area contributed by atoms with E-state index in [9.17, 15) is 0 Å². The van der Waals surface area contributed by atoms with Crippen LogP contribution < -0.4 is 5.32 Å². The average Bonchev–Trinajstić information content (AvgIpc) is 3.16. The molecule has 0 radical (unpaired) electrons. The molecule has 1 aliphatic carbocycles. The number of benzene rings is 1. The van der Waals surface area contributed by atoms with Gasteiger partial charge in [0.1, 0.15) is 0 Å². The van der Waals surface area contributed by atoms with Crippen molar-refractivity contribution in [3.63, 3.8) is 0 Å². The zero-order chi connectivity index (χ0) is 12.5. The van der Waals surface area contributed by atoms with Crippen molar-refractivity contribution in [2.45, 2.75) is 50.6 Å². The van der Waals surface area contributed by atoms with Crippen molar-refractivity contribution in [2.24, 2.45) is 5.92 Å². The summed E-state index contributed by atoms with van der Waals surface area (Å²) < 4.78 is 0. The van der Waals surface area contributed by atoms with Crippen molar-refractivity contribution in [3.05, 3.63) is 35.4 Å². The topological polar surface area (TPSA) is 45.7 Å². The number of rotatable bonds is 2. The first-order valence-corrected chi connectivity index (χ1v) is 7.04. The van der Waals surface area contributed by atoms with Crippen molar-refractivity contribution in [3.8, 4) is 6.07 Å². The summed E-state index contributed by atoms with van der Waals surface area (Å²) in [4.78, 5) is 0. The van der Waals surface area contributed by atoms with Crippen molar-refractivity contribution in [1.29, 1.82) is 5.26 Å². The minimum atomic E-state index is 0.711. The van der Waals surface area contributed by atoms with Gasteiger partial charge in [-0.25, -0.2) is 0 Å². The van der Waals surface area contributed by atoms with E-state index < -0.39 is 0 Å². The second-order valence-corrected chi connectivity index (χ2v) is 5.83. The van der Waals surface area contributed by atoms with Gasteiger partial charge in [0.2, 0.25) is 0 Å². The molecule has 1 N–H and O–H groups in total. The monoisotopic (exact) mass is 240 g/mol. The Morgan fingerprint density at radius 2 is 1.72 bits per heavy atom. The molecule has 2 fully saturated rings. The Kier molecular flexibility index (Phi) is 3.09. The minimum Gasteiger partial charge on any atom is -0.308 e. The third kappa shape index (κ3) is 2.28. The maximum Gasteiger partial charge on any atom is 0.0991 e. The summed E-state index contributed by atoms with van der Waals surface area (Å²) in [6, 6.07) is 11.9. The molecule has 94 valence electrons. The van der Waals surface area contributed by atoms with Gasteiger partial charge in [-0.15, -0.1) is 0 Å². The Morgan fingerprint density at radius 3 is 2.22 bits per heavy atom. The molecule has 0 amide bonds. The lowest BCUT2D eigenvalue weighted by atomic mass is 9.77. The first-order valence-electron chi connectivity index (χ1n) is 7.04. The Bertz CT molecular complexity index is 449. The van der Waals surface area contributed by atoms with E-state index in [0.717, 1.165) is 23.6 Å². The molecular weight excluding hydrogens is 220 g/mol. The van der Waals surface area contributed by atoms with Gasteiger partial charge in [-0.05, 0) is 62.1 Å². The van der Waals surface area contributed by atoms with E-state index in [1.54, 1.807) is 0 Å². The zero-order valence-electron chi connectivity index (χ0n) is 10.9. The van der Waals surface area contributed by atoms with Gasteiger partial charge in [-0.3, -0.25) is 0 Å². The highest BCUT2D eigenvalue weighted by atomic mass is 15.1. The Hall–Kier alpha value is -1.33. The fourth-order valence-corrected chi connectivity index (χ4v) is 3.43. The number of nitrogens with zero attached hydrogens (tertiary/aromatic N) is 1. The van der Waals surface area contributed by atoms with Crippen LogP contribution in [0.25, 0.3) is 0 Å². The minimum absolute atomic E-state index is 0.711. The fourth-order valence-electron chi connectivity index (χ4n) is 3.43. The predicted molar refractivity (Wildman–Crippen MR) is 72.2 cm³/mol. The summed E-state index contributed by atoms with van der Waals surface area (Å²) in [5, 5.41) is 12.3. The van der Waals surface area contributed by atoms with Crippen LogP contribution in [0.2, 0.25) is 0 Å². The van der Waals surface area contributed by atoms with Gasteiger partial charge in [0.05, 0.1) is 11.6 Å². The van der Waals surface area contributed by atoms with Gasteiger partial charge in [-0.1, -0.05) is 12.1 Å². The van der Waals surface area contributed by atoms with Gasteiger partial charge < -0.3 is 5.32 Å². The Labute approximate surface area is 109 Å². The standard InChI is InChI=1S/C16H20N2/c1-11-16(18-11)15-8-6-14(7-9-15)13-4-2-12(10-17)3-5-13/h2-5,11,14-16,18H,6-9H2,1H3. The molecule has 1 aromatic rings. The van der Waals surface area contributed by atoms with Crippen LogP contribution in [-0.2, 0) is 0 Å². The first-order chi connectivity index (χ1) is 8.78.